The lowest BCUT2D eigenvalue weighted by molar-refractivity contribution is -0.123. The minimum atomic E-state index is -0.216. The van der Waals surface area contributed by atoms with Crippen LogP contribution in [0.2, 0.25) is 0 Å². The third-order valence-electron chi connectivity index (χ3n) is 4.18. The smallest absolute Gasteiger partial charge is 0.220 e. The Morgan fingerprint density at radius 3 is 3.05 bits per heavy atom. The molecule has 1 aliphatic rings. The molecule has 1 amide bonds. The third-order valence-corrected chi connectivity index (χ3v) is 4.18. The summed E-state index contributed by atoms with van der Waals surface area (Å²) in [5.41, 5.74) is 0.947. The first kappa shape index (κ1) is 16.0. The number of benzene rings is 1. The summed E-state index contributed by atoms with van der Waals surface area (Å²) >= 11 is 0. The van der Waals surface area contributed by atoms with E-state index in [0.29, 0.717) is 12.3 Å². The number of rotatable bonds is 5. The number of carbonyl (C=O) groups is 1. The molecule has 0 aliphatic carbocycles. The monoisotopic (exact) mass is 292 g/mol. The van der Waals surface area contributed by atoms with Crippen molar-refractivity contribution in [1.82, 2.24) is 10.6 Å². The van der Waals surface area contributed by atoms with Gasteiger partial charge in [-0.05, 0) is 48.9 Å². The molecular formula is C17H25FN2O. The summed E-state index contributed by atoms with van der Waals surface area (Å²) < 4.78 is 13.1. The summed E-state index contributed by atoms with van der Waals surface area (Å²) in [5, 5.41) is 6.43. The van der Waals surface area contributed by atoms with Crippen LogP contribution in [0.15, 0.2) is 24.3 Å². The fourth-order valence-electron chi connectivity index (χ4n) is 2.90. The van der Waals surface area contributed by atoms with E-state index in [4.69, 9.17) is 0 Å². The molecular weight excluding hydrogens is 267 g/mol. The van der Waals surface area contributed by atoms with E-state index in [2.05, 4.69) is 17.6 Å². The fraction of sp³-hybridized carbons (Fsp3) is 0.588. The maximum absolute atomic E-state index is 13.1. The maximum Gasteiger partial charge on any atom is 0.220 e. The molecule has 3 unspecified atom stereocenters. The second kappa shape index (κ2) is 7.55. The number of halogens is 1. The molecule has 1 fully saturated rings. The summed E-state index contributed by atoms with van der Waals surface area (Å²) in [6.45, 7) is 6.10. The molecule has 1 aromatic carbocycles. The topological polar surface area (TPSA) is 41.1 Å². The van der Waals surface area contributed by atoms with Crippen molar-refractivity contribution in [2.24, 2.45) is 11.8 Å². The van der Waals surface area contributed by atoms with Crippen molar-refractivity contribution < 1.29 is 9.18 Å². The number of hydrogen-bond acceptors (Lipinski definition) is 2. The van der Waals surface area contributed by atoms with E-state index in [0.717, 1.165) is 31.5 Å². The molecule has 0 aromatic heterocycles. The molecule has 21 heavy (non-hydrogen) atoms. The van der Waals surface area contributed by atoms with Crippen molar-refractivity contribution >= 4 is 5.91 Å². The van der Waals surface area contributed by atoms with E-state index < -0.39 is 0 Å². The summed E-state index contributed by atoms with van der Waals surface area (Å²) in [6, 6.07) is 6.84. The Balaban J connectivity index is 1.79. The Morgan fingerprint density at radius 2 is 2.33 bits per heavy atom. The van der Waals surface area contributed by atoms with Crippen LogP contribution >= 0.6 is 0 Å². The average Bonchev–Trinajstić information content (AvgIpc) is 2.41. The lowest BCUT2D eigenvalue weighted by atomic mass is 9.93. The Morgan fingerprint density at radius 1 is 1.52 bits per heavy atom. The summed E-state index contributed by atoms with van der Waals surface area (Å²) in [5.74, 6) is 0.609. The van der Waals surface area contributed by atoms with Gasteiger partial charge in [0.15, 0.2) is 0 Å². The van der Waals surface area contributed by atoms with Crippen molar-refractivity contribution in [2.75, 3.05) is 13.1 Å². The Kier molecular flexibility index (Phi) is 5.74. The van der Waals surface area contributed by atoms with Crippen LogP contribution in [0, 0.1) is 17.7 Å². The van der Waals surface area contributed by atoms with E-state index in [1.165, 1.54) is 6.07 Å². The first-order chi connectivity index (χ1) is 10.0. The molecule has 0 spiro atoms. The van der Waals surface area contributed by atoms with E-state index in [1.807, 2.05) is 13.0 Å². The van der Waals surface area contributed by atoms with Gasteiger partial charge in [-0.1, -0.05) is 26.0 Å². The van der Waals surface area contributed by atoms with Gasteiger partial charge < -0.3 is 10.6 Å². The number of piperidine rings is 1. The van der Waals surface area contributed by atoms with E-state index in [9.17, 15) is 9.18 Å². The van der Waals surface area contributed by atoms with Crippen molar-refractivity contribution in [3.63, 3.8) is 0 Å². The van der Waals surface area contributed by atoms with Crippen LogP contribution in [0.1, 0.15) is 32.3 Å². The van der Waals surface area contributed by atoms with Gasteiger partial charge in [0, 0.05) is 19.0 Å². The predicted molar refractivity (Wildman–Crippen MR) is 82.5 cm³/mol. The molecule has 0 bridgehead atoms. The summed E-state index contributed by atoms with van der Waals surface area (Å²) in [6.07, 6.45) is 2.31. The zero-order chi connectivity index (χ0) is 15.2. The second-order valence-electron chi connectivity index (χ2n) is 6.29. The highest BCUT2D eigenvalue weighted by Crippen LogP contribution is 2.15. The van der Waals surface area contributed by atoms with Gasteiger partial charge in [-0.15, -0.1) is 0 Å². The summed E-state index contributed by atoms with van der Waals surface area (Å²) in [7, 11) is 0. The van der Waals surface area contributed by atoms with Crippen LogP contribution in [0.25, 0.3) is 0 Å². The largest absolute Gasteiger partial charge is 0.352 e. The van der Waals surface area contributed by atoms with Crippen LogP contribution in [0.4, 0.5) is 4.39 Å². The SMILES string of the molecule is CC(CC(=O)NC1CNCCC1C)Cc1cccc(F)c1. The van der Waals surface area contributed by atoms with Crippen molar-refractivity contribution in [1.29, 1.82) is 0 Å². The molecule has 0 saturated carbocycles. The highest BCUT2D eigenvalue weighted by Gasteiger charge is 2.23. The summed E-state index contributed by atoms with van der Waals surface area (Å²) in [4.78, 5) is 12.1. The van der Waals surface area contributed by atoms with Crippen LogP contribution < -0.4 is 10.6 Å². The zero-order valence-electron chi connectivity index (χ0n) is 12.9. The molecule has 1 aliphatic heterocycles. The van der Waals surface area contributed by atoms with E-state index >= 15 is 0 Å². The molecule has 2 N–H and O–H groups in total. The standard InChI is InChI=1S/C17H25FN2O/c1-12(8-14-4-3-5-15(18)10-14)9-17(21)20-16-11-19-7-6-13(16)2/h3-5,10,12-13,16,19H,6-9,11H2,1-2H3,(H,20,21). The van der Waals surface area contributed by atoms with Crippen LogP contribution in [-0.4, -0.2) is 25.0 Å². The molecule has 1 heterocycles. The quantitative estimate of drug-likeness (QED) is 0.875. The molecule has 4 heteroatoms. The highest BCUT2D eigenvalue weighted by molar-refractivity contribution is 5.76. The van der Waals surface area contributed by atoms with E-state index in [-0.39, 0.29) is 23.7 Å². The molecule has 116 valence electrons. The van der Waals surface area contributed by atoms with Crippen LogP contribution in [0.5, 0.6) is 0 Å². The van der Waals surface area contributed by atoms with E-state index in [1.54, 1.807) is 12.1 Å². The van der Waals surface area contributed by atoms with Gasteiger partial charge in [0.05, 0.1) is 0 Å². The van der Waals surface area contributed by atoms with Crippen LogP contribution in [-0.2, 0) is 11.2 Å². The Bertz CT molecular complexity index is 478. The molecule has 2 rings (SSSR count). The van der Waals surface area contributed by atoms with Gasteiger partial charge in [0.1, 0.15) is 5.82 Å². The lowest BCUT2D eigenvalue weighted by Gasteiger charge is -2.30. The molecule has 3 nitrogen and oxygen atoms in total. The number of nitrogens with one attached hydrogen (secondary N) is 2. The van der Waals surface area contributed by atoms with Crippen molar-refractivity contribution in [3.05, 3.63) is 35.6 Å². The minimum absolute atomic E-state index is 0.0967. The first-order valence-corrected chi connectivity index (χ1v) is 7.79. The minimum Gasteiger partial charge on any atom is -0.352 e. The van der Waals surface area contributed by atoms with Gasteiger partial charge in [-0.25, -0.2) is 4.39 Å². The Hall–Kier alpha value is -1.42. The van der Waals surface area contributed by atoms with Crippen molar-refractivity contribution in [2.45, 2.75) is 39.2 Å². The number of hydrogen-bond donors (Lipinski definition) is 2. The lowest BCUT2D eigenvalue weighted by Crippen LogP contribution is -2.50. The van der Waals surface area contributed by atoms with Gasteiger partial charge in [0.25, 0.3) is 0 Å². The second-order valence-corrected chi connectivity index (χ2v) is 6.29. The Labute approximate surface area is 126 Å². The average molecular weight is 292 g/mol. The molecule has 1 saturated heterocycles. The number of amides is 1. The van der Waals surface area contributed by atoms with Crippen LogP contribution in [0.3, 0.4) is 0 Å². The first-order valence-electron chi connectivity index (χ1n) is 7.79. The van der Waals surface area contributed by atoms with Gasteiger partial charge in [-0.3, -0.25) is 4.79 Å². The normalized spacial score (nSPS) is 23.6. The third kappa shape index (κ3) is 5.12. The fourth-order valence-corrected chi connectivity index (χ4v) is 2.90. The molecule has 3 atom stereocenters. The van der Waals surface area contributed by atoms with Crippen molar-refractivity contribution in [3.8, 4) is 0 Å². The highest BCUT2D eigenvalue weighted by atomic mass is 19.1. The van der Waals surface area contributed by atoms with Gasteiger partial charge in [0.2, 0.25) is 5.91 Å². The zero-order valence-corrected chi connectivity index (χ0v) is 12.9. The predicted octanol–water partition coefficient (Wildman–Crippen LogP) is 2.51. The van der Waals surface area contributed by atoms with Gasteiger partial charge in [-0.2, -0.15) is 0 Å². The molecule has 0 radical (unpaired) electrons. The molecule has 1 aromatic rings. The maximum atomic E-state index is 13.1. The van der Waals surface area contributed by atoms with Gasteiger partial charge >= 0.3 is 0 Å². The number of carbonyl (C=O) groups excluding carboxylic acids is 1.